The number of carbonyl (C=O) groups excluding carboxylic acids is 3. The summed E-state index contributed by atoms with van der Waals surface area (Å²) in [7, 11) is 0. The van der Waals surface area contributed by atoms with Crippen LogP contribution in [0.5, 0.6) is 0 Å². The van der Waals surface area contributed by atoms with Crippen molar-refractivity contribution in [1.29, 1.82) is 0 Å². The Morgan fingerprint density at radius 3 is 2.69 bits per heavy atom. The van der Waals surface area contributed by atoms with Gasteiger partial charge < -0.3 is 10.6 Å². The molecule has 2 N–H and O–H groups in total. The van der Waals surface area contributed by atoms with Crippen LogP contribution >= 0.6 is 0 Å². The van der Waals surface area contributed by atoms with Crippen LogP contribution in [0.2, 0.25) is 0 Å². The predicted octanol–water partition coefficient (Wildman–Crippen LogP) is 3.00. The van der Waals surface area contributed by atoms with Gasteiger partial charge in [-0.3, -0.25) is 19.1 Å². The average molecular weight is 432 g/mol. The number of nitrogens with one attached hydrogen (secondary N) is 2. The second-order valence-electron chi connectivity index (χ2n) is 8.34. The van der Waals surface area contributed by atoms with Gasteiger partial charge in [-0.1, -0.05) is 25.0 Å². The Bertz CT molecular complexity index is 1180. The van der Waals surface area contributed by atoms with E-state index in [4.69, 9.17) is 0 Å². The predicted molar refractivity (Wildman–Crippen MR) is 118 cm³/mol. The Kier molecular flexibility index (Phi) is 5.08. The molecule has 3 heterocycles. The summed E-state index contributed by atoms with van der Waals surface area (Å²) in [6, 6.07) is 11.1. The van der Waals surface area contributed by atoms with Gasteiger partial charge in [-0.2, -0.15) is 0 Å². The van der Waals surface area contributed by atoms with Crippen LogP contribution in [0, 0.1) is 0 Å². The number of aromatic nitrogens is 3. The lowest BCUT2D eigenvalue weighted by molar-refractivity contribution is -0.131. The highest BCUT2D eigenvalue weighted by Gasteiger charge is 2.52. The second-order valence-corrected chi connectivity index (χ2v) is 8.34. The first-order valence-electron chi connectivity index (χ1n) is 10.9. The molecule has 32 heavy (non-hydrogen) atoms. The number of amides is 4. The van der Waals surface area contributed by atoms with Crippen molar-refractivity contribution in [1.82, 2.24) is 24.8 Å². The molecular weight excluding hydrogens is 408 g/mol. The average Bonchev–Trinajstić information content (AvgIpc) is 3.49. The SMILES string of the molecule is O=C(CCCN1C(=O)NC2(CCCC2)C1=O)Nc1ccc(-n2cnc3ccccc32)nc1. The number of nitrogens with zero attached hydrogens (tertiary/aromatic N) is 4. The van der Waals surface area contributed by atoms with Gasteiger partial charge in [0.2, 0.25) is 5.91 Å². The molecule has 2 aliphatic rings. The van der Waals surface area contributed by atoms with E-state index < -0.39 is 5.54 Å². The van der Waals surface area contributed by atoms with Gasteiger partial charge in [0, 0.05) is 13.0 Å². The van der Waals surface area contributed by atoms with E-state index >= 15 is 0 Å². The largest absolute Gasteiger partial charge is 0.325 e. The third-order valence-electron chi connectivity index (χ3n) is 6.22. The Morgan fingerprint density at radius 1 is 1.09 bits per heavy atom. The molecule has 1 saturated heterocycles. The van der Waals surface area contributed by atoms with Gasteiger partial charge in [-0.25, -0.2) is 14.8 Å². The summed E-state index contributed by atoms with van der Waals surface area (Å²) in [6.45, 7) is 0.241. The van der Waals surface area contributed by atoms with E-state index in [9.17, 15) is 14.4 Å². The Hall–Kier alpha value is -3.75. The number of anilines is 1. The van der Waals surface area contributed by atoms with Crippen LogP contribution in [0.15, 0.2) is 48.9 Å². The maximum absolute atomic E-state index is 12.6. The molecule has 1 aliphatic heterocycles. The highest BCUT2D eigenvalue weighted by molar-refractivity contribution is 6.07. The fourth-order valence-electron chi connectivity index (χ4n) is 4.56. The van der Waals surface area contributed by atoms with Crippen molar-refractivity contribution >= 4 is 34.6 Å². The van der Waals surface area contributed by atoms with Crippen LogP contribution in [0.25, 0.3) is 16.9 Å². The zero-order valence-electron chi connectivity index (χ0n) is 17.6. The van der Waals surface area contributed by atoms with Gasteiger partial charge in [0.15, 0.2) is 0 Å². The molecule has 5 rings (SSSR count). The van der Waals surface area contributed by atoms with Gasteiger partial charge in [0.1, 0.15) is 17.7 Å². The zero-order chi connectivity index (χ0) is 22.1. The van der Waals surface area contributed by atoms with Crippen molar-refractivity contribution in [2.75, 3.05) is 11.9 Å². The molecule has 164 valence electrons. The molecule has 9 nitrogen and oxygen atoms in total. The van der Waals surface area contributed by atoms with Crippen LogP contribution in [0.1, 0.15) is 38.5 Å². The fourth-order valence-corrected chi connectivity index (χ4v) is 4.56. The lowest BCUT2D eigenvalue weighted by Crippen LogP contribution is -2.44. The number of hydrogen-bond donors (Lipinski definition) is 2. The number of rotatable bonds is 6. The number of urea groups is 1. The smallest absolute Gasteiger partial charge is 0.325 e. The third-order valence-corrected chi connectivity index (χ3v) is 6.22. The molecule has 0 unspecified atom stereocenters. The number of imidazole rings is 1. The van der Waals surface area contributed by atoms with Crippen molar-refractivity contribution in [2.45, 2.75) is 44.1 Å². The molecule has 9 heteroatoms. The number of pyridine rings is 1. The molecule has 1 aliphatic carbocycles. The minimum absolute atomic E-state index is 0.146. The maximum atomic E-state index is 12.6. The molecule has 2 fully saturated rings. The van der Waals surface area contributed by atoms with E-state index in [2.05, 4.69) is 20.6 Å². The molecule has 2 aromatic heterocycles. The Morgan fingerprint density at radius 2 is 1.91 bits per heavy atom. The molecule has 1 saturated carbocycles. The van der Waals surface area contributed by atoms with E-state index in [1.54, 1.807) is 18.6 Å². The van der Waals surface area contributed by atoms with Crippen molar-refractivity contribution in [2.24, 2.45) is 0 Å². The summed E-state index contributed by atoms with van der Waals surface area (Å²) in [5, 5.41) is 5.67. The molecule has 4 amide bonds. The number of imide groups is 1. The fraction of sp³-hybridized carbons (Fsp3) is 0.348. The second kappa shape index (κ2) is 8.07. The number of carbonyl (C=O) groups is 3. The van der Waals surface area contributed by atoms with Gasteiger partial charge in [-0.15, -0.1) is 0 Å². The normalized spacial score (nSPS) is 17.3. The minimum Gasteiger partial charge on any atom is -0.325 e. The third kappa shape index (κ3) is 3.59. The van der Waals surface area contributed by atoms with Crippen molar-refractivity contribution in [3.63, 3.8) is 0 Å². The van der Waals surface area contributed by atoms with Crippen LogP contribution in [-0.2, 0) is 9.59 Å². The van der Waals surface area contributed by atoms with Crippen LogP contribution in [0.4, 0.5) is 10.5 Å². The van der Waals surface area contributed by atoms with E-state index in [0.717, 1.165) is 23.9 Å². The standard InChI is InChI=1S/C23H24N6O3/c30-20(8-5-13-28-21(31)23(27-22(28)32)11-3-4-12-23)26-16-9-10-19(24-14-16)29-15-25-17-6-1-2-7-18(17)29/h1-2,6-7,9-10,14-15H,3-5,8,11-13H2,(H,26,30)(H,27,32). The molecule has 1 spiro atoms. The summed E-state index contributed by atoms with van der Waals surface area (Å²) in [5.74, 6) is 0.374. The van der Waals surface area contributed by atoms with Crippen LogP contribution < -0.4 is 10.6 Å². The summed E-state index contributed by atoms with van der Waals surface area (Å²) in [5.41, 5.74) is 1.73. The van der Waals surface area contributed by atoms with Crippen molar-refractivity contribution < 1.29 is 14.4 Å². The first kappa shape index (κ1) is 20.2. The quantitative estimate of drug-likeness (QED) is 0.582. The number of fused-ring (bicyclic) bond motifs is 1. The summed E-state index contributed by atoms with van der Waals surface area (Å²) in [6.07, 6.45) is 7.24. The van der Waals surface area contributed by atoms with E-state index in [-0.39, 0.29) is 30.8 Å². The summed E-state index contributed by atoms with van der Waals surface area (Å²) < 4.78 is 1.89. The lowest BCUT2D eigenvalue weighted by Gasteiger charge is -2.19. The van der Waals surface area contributed by atoms with E-state index in [1.807, 2.05) is 34.9 Å². The topological polar surface area (TPSA) is 109 Å². The minimum atomic E-state index is -0.701. The first-order valence-corrected chi connectivity index (χ1v) is 10.9. The lowest BCUT2D eigenvalue weighted by atomic mass is 9.98. The zero-order valence-corrected chi connectivity index (χ0v) is 17.6. The number of para-hydroxylation sites is 2. The number of hydrogen-bond acceptors (Lipinski definition) is 5. The first-order chi connectivity index (χ1) is 15.6. The monoisotopic (exact) mass is 432 g/mol. The van der Waals surface area contributed by atoms with Crippen LogP contribution in [0.3, 0.4) is 0 Å². The van der Waals surface area contributed by atoms with Crippen molar-refractivity contribution in [3.8, 4) is 5.82 Å². The highest BCUT2D eigenvalue weighted by Crippen LogP contribution is 2.35. The van der Waals surface area contributed by atoms with Gasteiger partial charge in [0.25, 0.3) is 5.91 Å². The van der Waals surface area contributed by atoms with Gasteiger partial charge >= 0.3 is 6.03 Å². The van der Waals surface area contributed by atoms with E-state index in [1.165, 1.54) is 4.90 Å². The van der Waals surface area contributed by atoms with Crippen molar-refractivity contribution in [3.05, 3.63) is 48.9 Å². The summed E-state index contributed by atoms with van der Waals surface area (Å²) >= 11 is 0. The molecule has 1 aromatic carbocycles. The maximum Gasteiger partial charge on any atom is 0.325 e. The number of benzene rings is 1. The molecule has 0 radical (unpaired) electrons. The Balaban J connectivity index is 1.15. The summed E-state index contributed by atoms with van der Waals surface area (Å²) in [4.78, 5) is 47.2. The van der Waals surface area contributed by atoms with Crippen LogP contribution in [-0.4, -0.2) is 49.4 Å². The van der Waals surface area contributed by atoms with Gasteiger partial charge in [-0.05, 0) is 43.5 Å². The van der Waals surface area contributed by atoms with E-state index in [0.29, 0.717) is 30.8 Å². The molecule has 3 aromatic rings. The van der Waals surface area contributed by atoms with Gasteiger partial charge in [0.05, 0.1) is 22.9 Å². The highest BCUT2D eigenvalue weighted by atomic mass is 16.2. The molecule has 0 bridgehead atoms. The molecule has 0 atom stereocenters. The Labute approximate surface area is 184 Å². The molecular formula is C23H24N6O3.